The summed E-state index contributed by atoms with van der Waals surface area (Å²) in [7, 11) is 0. The standard InChI is InChI=1S/C9H13N.C7H5NS.2C4H8N2O2.Co/c1-9(2,3)8-4-6-10-7-5-8;8-5-6-1-3-7(9)4-2-6;2*1-3(5-7)4(2)6-8;/h4-7H,1-3H3;1-4,9H;2*7-8H,1-2H3;/p-1/b;;5-3+,6-4+;5-3-,6-4+;. The Labute approximate surface area is 228 Å². The number of benzene rings is 1. The second-order valence-electron chi connectivity index (χ2n) is 7.86. The third-order valence-corrected chi connectivity index (χ3v) is 4.45. The van der Waals surface area contributed by atoms with Gasteiger partial charge >= 0.3 is 0 Å². The van der Waals surface area contributed by atoms with Crippen molar-refractivity contribution in [3.63, 3.8) is 0 Å². The van der Waals surface area contributed by atoms with E-state index in [-0.39, 0.29) is 22.2 Å². The molecule has 12 heteroatoms. The summed E-state index contributed by atoms with van der Waals surface area (Å²) in [6.45, 7) is 12.7. The normalized spacial score (nSPS) is 11.6. The minimum Gasteiger partial charge on any atom is -0.780 e. The minimum absolute atomic E-state index is 0. The van der Waals surface area contributed by atoms with Crippen molar-refractivity contribution in [2.24, 2.45) is 20.6 Å². The fourth-order valence-corrected chi connectivity index (χ4v) is 1.81. The zero-order valence-corrected chi connectivity index (χ0v) is 23.2. The van der Waals surface area contributed by atoms with Crippen molar-refractivity contribution in [3.05, 3.63) is 59.9 Å². The molecule has 0 aliphatic heterocycles. The summed E-state index contributed by atoms with van der Waals surface area (Å²) in [6, 6.07) is 13.0. The predicted molar refractivity (Wildman–Crippen MR) is 139 cm³/mol. The molecule has 0 atom stereocenters. The van der Waals surface area contributed by atoms with E-state index in [0.29, 0.717) is 28.4 Å². The van der Waals surface area contributed by atoms with Crippen molar-refractivity contribution in [1.29, 1.82) is 5.26 Å². The Bertz CT molecular complexity index is 965. The third kappa shape index (κ3) is 17.9. The molecule has 0 aliphatic rings. The Balaban J connectivity index is -0.000000402. The van der Waals surface area contributed by atoms with Crippen molar-refractivity contribution in [1.82, 2.24) is 4.98 Å². The van der Waals surface area contributed by atoms with Gasteiger partial charge in [0.2, 0.25) is 0 Å². The van der Waals surface area contributed by atoms with Gasteiger partial charge in [0.05, 0.1) is 11.6 Å². The topological polar surface area (TPSA) is 167 Å². The van der Waals surface area contributed by atoms with Gasteiger partial charge in [0.1, 0.15) is 22.8 Å². The number of rotatable bonds is 2. The number of pyridine rings is 1. The first kappa shape index (κ1) is 37.0. The fraction of sp³-hybridized carbons (Fsp3) is 0.333. The molecule has 199 valence electrons. The smallest absolute Gasteiger partial charge is 0.101 e. The number of hydrogen-bond donors (Lipinski definition) is 4. The maximum atomic E-state index is 8.34. The van der Waals surface area contributed by atoms with Crippen LogP contribution in [0.1, 0.15) is 59.6 Å². The van der Waals surface area contributed by atoms with E-state index in [1.165, 1.54) is 33.3 Å². The molecular formula is C24H33CoN6O4S-. The van der Waals surface area contributed by atoms with E-state index in [1.807, 2.05) is 18.5 Å². The summed E-state index contributed by atoms with van der Waals surface area (Å²) < 4.78 is 0. The van der Waals surface area contributed by atoms with Gasteiger partial charge in [-0.05, 0) is 62.9 Å². The number of oxime groups is 4. The maximum Gasteiger partial charge on any atom is 0.101 e. The van der Waals surface area contributed by atoms with Gasteiger partial charge in [0, 0.05) is 29.2 Å². The summed E-state index contributed by atoms with van der Waals surface area (Å²) in [5.74, 6) is 0. The summed E-state index contributed by atoms with van der Waals surface area (Å²) in [6.07, 6.45) is 3.67. The molecule has 0 amide bonds. The Morgan fingerprint density at radius 3 is 1.31 bits per heavy atom. The fourth-order valence-electron chi connectivity index (χ4n) is 1.67. The summed E-state index contributed by atoms with van der Waals surface area (Å²) in [5, 5.41) is 51.6. The second kappa shape index (κ2) is 20.8. The van der Waals surface area contributed by atoms with Gasteiger partial charge < -0.3 is 33.5 Å². The van der Waals surface area contributed by atoms with Crippen LogP contribution in [0.25, 0.3) is 0 Å². The second-order valence-corrected chi connectivity index (χ2v) is 8.34. The minimum atomic E-state index is 0. The van der Waals surface area contributed by atoms with Crippen LogP contribution in [-0.4, -0.2) is 48.7 Å². The third-order valence-electron chi connectivity index (χ3n) is 4.18. The first-order valence-electron chi connectivity index (χ1n) is 10.2. The number of nitriles is 1. The Kier molecular flexibility index (Phi) is 21.4. The molecule has 0 spiro atoms. The van der Waals surface area contributed by atoms with Crippen molar-refractivity contribution in [2.75, 3.05) is 0 Å². The molecule has 1 heterocycles. The van der Waals surface area contributed by atoms with Gasteiger partial charge in [-0.25, -0.2) is 0 Å². The van der Waals surface area contributed by atoms with E-state index < -0.39 is 0 Å². The molecule has 36 heavy (non-hydrogen) atoms. The molecule has 0 fully saturated rings. The van der Waals surface area contributed by atoms with Crippen LogP contribution >= 0.6 is 0 Å². The molecule has 0 aliphatic carbocycles. The van der Waals surface area contributed by atoms with Crippen LogP contribution in [0.2, 0.25) is 0 Å². The van der Waals surface area contributed by atoms with Crippen molar-refractivity contribution >= 4 is 35.5 Å². The van der Waals surface area contributed by atoms with Crippen LogP contribution in [0.4, 0.5) is 0 Å². The van der Waals surface area contributed by atoms with Crippen molar-refractivity contribution < 1.29 is 37.6 Å². The van der Waals surface area contributed by atoms with E-state index in [4.69, 9.17) is 38.7 Å². The zero-order chi connectivity index (χ0) is 27.4. The number of aromatic nitrogens is 1. The Hall–Kier alpha value is -3.53. The molecule has 4 N–H and O–H groups in total. The molecule has 1 aromatic heterocycles. The van der Waals surface area contributed by atoms with Crippen LogP contribution in [0.3, 0.4) is 0 Å². The average molecular weight is 561 g/mol. The number of hydrogen-bond acceptors (Lipinski definition) is 11. The monoisotopic (exact) mass is 560 g/mol. The molecule has 0 bridgehead atoms. The van der Waals surface area contributed by atoms with Crippen LogP contribution in [-0.2, 0) is 34.8 Å². The van der Waals surface area contributed by atoms with Crippen LogP contribution in [0, 0.1) is 11.3 Å². The molecule has 1 aromatic carbocycles. The van der Waals surface area contributed by atoms with Gasteiger partial charge in [0.15, 0.2) is 0 Å². The van der Waals surface area contributed by atoms with Gasteiger partial charge in [-0.3, -0.25) is 4.98 Å². The molecule has 0 unspecified atom stereocenters. The van der Waals surface area contributed by atoms with Crippen LogP contribution in [0.5, 0.6) is 0 Å². The van der Waals surface area contributed by atoms with E-state index in [2.05, 4.69) is 58.5 Å². The summed E-state index contributed by atoms with van der Waals surface area (Å²) >= 11 is 4.81. The molecule has 2 aromatic rings. The van der Waals surface area contributed by atoms with E-state index >= 15 is 0 Å². The summed E-state index contributed by atoms with van der Waals surface area (Å²) in [4.78, 5) is 4.73. The van der Waals surface area contributed by atoms with Crippen molar-refractivity contribution in [3.8, 4) is 6.07 Å². The van der Waals surface area contributed by atoms with E-state index in [9.17, 15) is 0 Å². The molecule has 1 radical (unpaired) electrons. The molecular weight excluding hydrogens is 527 g/mol. The van der Waals surface area contributed by atoms with Crippen LogP contribution < -0.4 is 0 Å². The Morgan fingerprint density at radius 1 is 0.750 bits per heavy atom. The van der Waals surface area contributed by atoms with Gasteiger partial charge in [-0.2, -0.15) is 10.2 Å². The first-order chi connectivity index (χ1) is 16.4. The molecule has 10 nitrogen and oxygen atoms in total. The largest absolute Gasteiger partial charge is 0.780 e. The van der Waals surface area contributed by atoms with Crippen molar-refractivity contribution in [2.45, 2.75) is 58.8 Å². The first-order valence-corrected chi connectivity index (χ1v) is 10.6. The molecule has 0 saturated heterocycles. The number of nitrogens with zero attached hydrogens (tertiary/aromatic N) is 6. The zero-order valence-electron chi connectivity index (χ0n) is 21.3. The van der Waals surface area contributed by atoms with Crippen LogP contribution in [0.15, 0.2) is 74.3 Å². The van der Waals surface area contributed by atoms with Gasteiger partial charge in [-0.15, -0.1) is 0 Å². The van der Waals surface area contributed by atoms with E-state index in [1.54, 1.807) is 24.3 Å². The molecule has 2 rings (SSSR count). The summed E-state index contributed by atoms with van der Waals surface area (Å²) in [5.41, 5.74) is 3.49. The predicted octanol–water partition coefficient (Wildman–Crippen LogP) is 5.21. The SMILES string of the molecule is CC(=N/O)/C(C)=N/O.CC(=N\O)/C(C)=N/O.CC(C)(C)c1ccncc1.N#Cc1ccc([S-])cc1.[Co]. The molecule has 0 saturated carbocycles. The quantitative estimate of drug-likeness (QED) is 0.169. The van der Waals surface area contributed by atoms with E-state index in [0.717, 1.165) is 4.90 Å². The average Bonchev–Trinajstić information content (AvgIpc) is 2.88. The maximum absolute atomic E-state index is 8.34. The Morgan fingerprint density at radius 2 is 1.08 bits per heavy atom. The van der Waals surface area contributed by atoms with Gasteiger partial charge in [-0.1, -0.05) is 53.5 Å². The van der Waals surface area contributed by atoms with Gasteiger partial charge in [0.25, 0.3) is 0 Å².